The van der Waals surface area contributed by atoms with Gasteiger partial charge >= 0.3 is 5.97 Å². The van der Waals surface area contributed by atoms with Gasteiger partial charge in [0.15, 0.2) is 5.82 Å². The second kappa shape index (κ2) is 4.78. The maximum Gasteiger partial charge on any atom is 0.325 e. The van der Waals surface area contributed by atoms with Gasteiger partial charge in [-0.3, -0.25) is 4.79 Å². The van der Waals surface area contributed by atoms with Crippen molar-refractivity contribution in [2.45, 2.75) is 6.54 Å². The molecule has 0 fully saturated rings. The SMILES string of the molecule is COc1ccc(-c2nnnn2CC(=O)O)c(F)c1. The summed E-state index contributed by atoms with van der Waals surface area (Å²) in [6.45, 7) is -0.437. The summed E-state index contributed by atoms with van der Waals surface area (Å²) in [7, 11) is 1.42. The van der Waals surface area contributed by atoms with Crippen LogP contribution in [0.15, 0.2) is 18.2 Å². The Bertz CT molecular complexity index is 584. The summed E-state index contributed by atoms with van der Waals surface area (Å²) >= 11 is 0. The van der Waals surface area contributed by atoms with E-state index in [2.05, 4.69) is 15.5 Å². The van der Waals surface area contributed by atoms with E-state index in [0.29, 0.717) is 5.75 Å². The Kier molecular flexibility index (Phi) is 3.18. The fraction of sp³-hybridized carbons (Fsp3) is 0.200. The lowest BCUT2D eigenvalue weighted by Gasteiger charge is -2.05. The maximum absolute atomic E-state index is 13.8. The van der Waals surface area contributed by atoms with Gasteiger partial charge in [-0.05, 0) is 22.6 Å². The van der Waals surface area contributed by atoms with E-state index in [9.17, 15) is 9.18 Å². The zero-order valence-electron chi connectivity index (χ0n) is 9.37. The average Bonchev–Trinajstić information content (AvgIpc) is 2.76. The lowest BCUT2D eigenvalue weighted by atomic mass is 10.2. The Morgan fingerprint density at radius 3 is 2.94 bits per heavy atom. The minimum Gasteiger partial charge on any atom is -0.497 e. The van der Waals surface area contributed by atoms with Crippen molar-refractivity contribution in [2.75, 3.05) is 7.11 Å². The number of rotatable bonds is 4. The van der Waals surface area contributed by atoms with Crippen LogP contribution in [-0.4, -0.2) is 38.4 Å². The summed E-state index contributed by atoms with van der Waals surface area (Å²) in [6, 6.07) is 4.14. The monoisotopic (exact) mass is 252 g/mol. The van der Waals surface area contributed by atoms with E-state index >= 15 is 0 Å². The van der Waals surface area contributed by atoms with Crippen LogP contribution in [0.1, 0.15) is 0 Å². The molecular formula is C10H9FN4O3. The van der Waals surface area contributed by atoms with Crippen molar-refractivity contribution in [1.29, 1.82) is 0 Å². The number of benzene rings is 1. The molecule has 18 heavy (non-hydrogen) atoms. The second-order valence-corrected chi connectivity index (χ2v) is 3.40. The highest BCUT2D eigenvalue weighted by Crippen LogP contribution is 2.23. The number of methoxy groups -OCH3 is 1. The zero-order valence-corrected chi connectivity index (χ0v) is 9.37. The van der Waals surface area contributed by atoms with Crippen LogP contribution in [0.3, 0.4) is 0 Å². The molecule has 1 aromatic heterocycles. The number of aliphatic carboxylic acids is 1. The first-order chi connectivity index (χ1) is 8.61. The fourth-order valence-corrected chi connectivity index (χ4v) is 1.44. The van der Waals surface area contributed by atoms with Crippen molar-refractivity contribution < 1.29 is 19.0 Å². The van der Waals surface area contributed by atoms with Crippen molar-refractivity contribution in [2.24, 2.45) is 0 Å². The van der Waals surface area contributed by atoms with E-state index in [1.165, 1.54) is 25.3 Å². The van der Waals surface area contributed by atoms with Crippen molar-refractivity contribution in [3.05, 3.63) is 24.0 Å². The minimum atomic E-state index is -1.11. The molecule has 0 atom stereocenters. The van der Waals surface area contributed by atoms with Gasteiger partial charge in [-0.2, -0.15) is 0 Å². The Balaban J connectivity index is 2.42. The molecule has 8 heteroatoms. The number of carboxylic acid groups (broad SMARTS) is 1. The molecule has 0 aliphatic rings. The highest BCUT2D eigenvalue weighted by atomic mass is 19.1. The molecule has 2 aromatic rings. The van der Waals surface area contributed by atoms with Gasteiger partial charge in [0.2, 0.25) is 0 Å². The highest BCUT2D eigenvalue weighted by molar-refractivity contribution is 5.67. The number of halogens is 1. The van der Waals surface area contributed by atoms with Crippen molar-refractivity contribution in [3.8, 4) is 17.1 Å². The molecule has 0 bridgehead atoms. The maximum atomic E-state index is 13.8. The average molecular weight is 252 g/mol. The minimum absolute atomic E-state index is 0.0533. The van der Waals surface area contributed by atoms with Gasteiger partial charge in [0, 0.05) is 6.07 Å². The van der Waals surface area contributed by atoms with Crippen LogP contribution >= 0.6 is 0 Å². The fourth-order valence-electron chi connectivity index (χ4n) is 1.44. The lowest BCUT2D eigenvalue weighted by Crippen LogP contribution is -2.12. The van der Waals surface area contributed by atoms with E-state index in [0.717, 1.165) is 4.68 Å². The predicted molar refractivity (Wildman–Crippen MR) is 57.4 cm³/mol. The van der Waals surface area contributed by atoms with Crippen LogP contribution in [0, 0.1) is 5.82 Å². The Labute approximate surface area is 101 Å². The van der Waals surface area contributed by atoms with Gasteiger partial charge in [-0.15, -0.1) is 5.10 Å². The van der Waals surface area contributed by atoms with Crippen LogP contribution in [0.2, 0.25) is 0 Å². The molecular weight excluding hydrogens is 243 g/mol. The summed E-state index contributed by atoms with van der Waals surface area (Å²) in [6.07, 6.45) is 0. The highest BCUT2D eigenvalue weighted by Gasteiger charge is 2.15. The molecule has 0 saturated carbocycles. The van der Waals surface area contributed by atoms with Crippen molar-refractivity contribution in [1.82, 2.24) is 20.2 Å². The Morgan fingerprint density at radius 1 is 1.56 bits per heavy atom. The molecule has 0 unspecified atom stereocenters. The molecule has 0 radical (unpaired) electrons. The summed E-state index contributed by atoms with van der Waals surface area (Å²) in [4.78, 5) is 10.6. The molecule has 7 nitrogen and oxygen atoms in total. The third-order valence-electron chi connectivity index (χ3n) is 2.23. The van der Waals surface area contributed by atoms with Gasteiger partial charge in [0.1, 0.15) is 18.1 Å². The molecule has 0 saturated heterocycles. The number of aromatic nitrogens is 4. The van der Waals surface area contributed by atoms with E-state index in [-0.39, 0.29) is 11.4 Å². The summed E-state index contributed by atoms with van der Waals surface area (Å²) < 4.78 is 19.7. The van der Waals surface area contributed by atoms with Crippen LogP contribution in [0.25, 0.3) is 11.4 Å². The molecule has 2 rings (SSSR count). The van der Waals surface area contributed by atoms with Gasteiger partial charge in [0.05, 0.1) is 12.7 Å². The Hall–Kier alpha value is -2.51. The molecule has 1 aromatic carbocycles. The second-order valence-electron chi connectivity index (χ2n) is 3.40. The largest absolute Gasteiger partial charge is 0.497 e. The van der Waals surface area contributed by atoms with Crippen LogP contribution in [0.5, 0.6) is 5.75 Å². The molecule has 1 N–H and O–H groups in total. The summed E-state index contributed by atoms with van der Waals surface area (Å²) in [5.74, 6) is -1.29. The molecule has 0 amide bonds. The predicted octanol–water partition coefficient (Wildman–Crippen LogP) is 0.572. The molecule has 0 aliphatic heterocycles. The van der Waals surface area contributed by atoms with Crippen LogP contribution < -0.4 is 4.74 Å². The van der Waals surface area contributed by atoms with E-state index in [1.807, 2.05) is 0 Å². The van der Waals surface area contributed by atoms with Crippen LogP contribution in [0.4, 0.5) is 4.39 Å². The quantitative estimate of drug-likeness (QED) is 0.855. The molecule has 1 heterocycles. The number of nitrogens with zero attached hydrogens (tertiary/aromatic N) is 4. The number of tetrazole rings is 1. The summed E-state index contributed by atoms with van der Waals surface area (Å²) in [5, 5.41) is 19.1. The molecule has 94 valence electrons. The van der Waals surface area contributed by atoms with E-state index in [1.54, 1.807) is 0 Å². The van der Waals surface area contributed by atoms with Gasteiger partial charge in [-0.25, -0.2) is 9.07 Å². The third-order valence-corrected chi connectivity index (χ3v) is 2.23. The summed E-state index contributed by atoms with van der Waals surface area (Å²) in [5.41, 5.74) is 0.113. The van der Waals surface area contributed by atoms with E-state index < -0.39 is 18.3 Å². The van der Waals surface area contributed by atoms with Gasteiger partial charge in [-0.1, -0.05) is 0 Å². The first-order valence-electron chi connectivity index (χ1n) is 4.93. The smallest absolute Gasteiger partial charge is 0.325 e. The number of hydrogen-bond acceptors (Lipinski definition) is 5. The normalized spacial score (nSPS) is 10.3. The molecule has 0 aliphatic carbocycles. The first kappa shape index (κ1) is 12.0. The number of carbonyl (C=O) groups is 1. The topological polar surface area (TPSA) is 90.1 Å². The van der Waals surface area contributed by atoms with Gasteiger partial charge < -0.3 is 9.84 Å². The lowest BCUT2D eigenvalue weighted by molar-refractivity contribution is -0.137. The Morgan fingerprint density at radius 2 is 2.33 bits per heavy atom. The van der Waals surface area contributed by atoms with Crippen molar-refractivity contribution in [3.63, 3.8) is 0 Å². The van der Waals surface area contributed by atoms with Crippen molar-refractivity contribution >= 4 is 5.97 Å². The standard InChI is InChI=1S/C10H9FN4O3/c1-18-6-2-3-7(8(11)4-6)10-12-13-14-15(10)5-9(16)17/h2-4H,5H2,1H3,(H,16,17). The third kappa shape index (κ3) is 2.26. The van der Waals surface area contributed by atoms with Crippen LogP contribution in [-0.2, 0) is 11.3 Å². The number of carboxylic acids is 1. The first-order valence-corrected chi connectivity index (χ1v) is 4.93. The van der Waals surface area contributed by atoms with Gasteiger partial charge in [0.25, 0.3) is 0 Å². The number of hydrogen-bond donors (Lipinski definition) is 1. The van der Waals surface area contributed by atoms with E-state index in [4.69, 9.17) is 9.84 Å². The zero-order chi connectivity index (χ0) is 13.1. The number of ether oxygens (including phenoxy) is 1. The molecule has 0 spiro atoms.